The molecule has 0 aromatic heterocycles. The highest BCUT2D eigenvalue weighted by Gasteiger charge is 2.07. The molecule has 2 aromatic carbocycles. The van der Waals surface area contributed by atoms with Gasteiger partial charge in [0.15, 0.2) is 17.5 Å². The summed E-state index contributed by atoms with van der Waals surface area (Å²) in [7, 11) is 4.90. The lowest BCUT2D eigenvalue weighted by Gasteiger charge is -2.14. The Labute approximate surface area is 194 Å². The van der Waals surface area contributed by atoms with Crippen molar-refractivity contribution in [1.82, 2.24) is 10.6 Å². The second kappa shape index (κ2) is 12.8. The molecule has 0 fully saturated rings. The lowest BCUT2D eigenvalue weighted by molar-refractivity contribution is 0.250. The SMILES string of the molecule is CN=C(NCc1ccc(NC(=O)NC(C)C)cc1)Nc1ccc(OC)c(OC)c1.I. The van der Waals surface area contributed by atoms with Crippen LogP contribution in [-0.2, 0) is 6.54 Å². The standard InChI is InChI=1S/C21H29N5O3.HI/c1-14(2)24-21(27)26-16-8-6-15(7-9-16)13-23-20(22-3)25-17-10-11-18(28-4)19(12-17)29-5;/h6-12,14H,13H2,1-5H3,(H2,22,23,25)(H2,24,26,27);1H. The van der Waals surface area contributed by atoms with Gasteiger partial charge < -0.3 is 30.7 Å². The fourth-order valence-electron chi connectivity index (χ4n) is 2.55. The first-order valence-corrected chi connectivity index (χ1v) is 9.31. The van der Waals surface area contributed by atoms with Gasteiger partial charge in [-0.15, -0.1) is 24.0 Å². The van der Waals surface area contributed by atoms with Gasteiger partial charge in [0, 0.05) is 37.1 Å². The Balaban J connectivity index is 0.00000450. The van der Waals surface area contributed by atoms with Crippen molar-refractivity contribution in [2.24, 2.45) is 4.99 Å². The maximum Gasteiger partial charge on any atom is 0.319 e. The first-order chi connectivity index (χ1) is 13.9. The normalized spacial score (nSPS) is 10.7. The Hall–Kier alpha value is -2.69. The van der Waals surface area contributed by atoms with Crippen LogP contribution in [0.15, 0.2) is 47.5 Å². The van der Waals surface area contributed by atoms with Crippen molar-refractivity contribution in [3.8, 4) is 11.5 Å². The van der Waals surface area contributed by atoms with Crippen LogP contribution < -0.4 is 30.7 Å². The van der Waals surface area contributed by atoms with Crippen LogP contribution in [0.25, 0.3) is 0 Å². The molecule has 0 heterocycles. The van der Waals surface area contributed by atoms with E-state index in [4.69, 9.17) is 9.47 Å². The zero-order valence-electron chi connectivity index (χ0n) is 17.9. The number of nitrogens with zero attached hydrogens (tertiary/aromatic N) is 1. The average Bonchev–Trinajstić information content (AvgIpc) is 2.71. The van der Waals surface area contributed by atoms with E-state index in [1.165, 1.54) is 0 Å². The van der Waals surface area contributed by atoms with Gasteiger partial charge in [-0.1, -0.05) is 12.1 Å². The summed E-state index contributed by atoms with van der Waals surface area (Å²) in [6.45, 7) is 4.40. The maximum absolute atomic E-state index is 11.7. The number of benzene rings is 2. The third-order valence-electron chi connectivity index (χ3n) is 3.96. The zero-order chi connectivity index (χ0) is 21.2. The summed E-state index contributed by atoms with van der Waals surface area (Å²) in [6, 6.07) is 13.0. The Morgan fingerprint density at radius 3 is 2.17 bits per heavy atom. The minimum atomic E-state index is -0.217. The summed E-state index contributed by atoms with van der Waals surface area (Å²) in [5.41, 5.74) is 2.61. The number of amides is 2. The number of anilines is 2. The Bertz CT molecular complexity index is 841. The molecule has 0 aliphatic carbocycles. The smallest absolute Gasteiger partial charge is 0.319 e. The number of carbonyl (C=O) groups is 1. The molecule has 2 rings (SSSR count). The minimum Gasteiger partial charge on any atom is -0.493 e. The maximum atomic E-state index is 11.7. The molecule has 0 aliphatic rings. The number of aliphatic imine (C=N–C) groups is 1. The number of methoxy groups -OCH3 is 2. The van der Waals surface area contributed by atoms with Gasteiger partial charge in [0.25, 0.3) is 0 Å². The van der Waals surface area contributed by atoms with E-state index in [9.17, 15) is 4.79 Å². The number of urea groups is 1. The van der Waals surface area contributed by atoms with Crippen LogP contribution in [0.3, 0.4) is 0 Å². The summed E-state index contributed by atoms with van der Waals surface area (Å²) >= 11 is 0. The Morgan fingerprint density at radius 2 is 1.60 bits per heavy atom. The number of halogens is 1. The molecule has 0 saturated heterocycles. The van der Waals surface area contributed by atoms with Crippen molar-refractivity contribution in [2.75, 3.05) is 31.9 Å². The van der Waals surface area contributed by atoms with E-state index < -0.39 is 0 Å². The first kappa shape index (κ1) is 25.3. The van der Waals surface area contributed by atoms with Crippen molar-refractivity contribution in [3.63, 3.8) is 0 Å². The van der Waals surface area contributed by atoms with E-state index >= 15 is 0 Å². The predicted octanol–water partition coefficient (Wildman–Crippen LogP) is 4.04. The molecule has 8 nitrogen and oxygen atoms in total. The van der Waals surface area contributed by atoms with Crippen molar-refractivity contribution >= 4 is 47.3 Å². The van der Waals surface area contributed by atoms with Gasteiger partial charge in [-0.05, 0) is 43.7 Å². The van der Waals surface area contributed by atoms with E-state index in [-0.39, 0.29) is 36.0 Å². The van der Waals surface area contributed by atoms with E-state index in [0.29, 0.717) is 24.0 Å². The lowest BCUT2D eigenvalue weighted by Crippen LogP contribution is -2.34. The number of hydrogen-bond acceptors (Lipinski definition) is 4. The number of hydrogen-bond donors (Lipinski definition) is 4. The topological polar surface area (TPSA) is 96.0 Å². The van der Waals surface area contributed by atoms with Crippen LogP contribution in [-0.4, -0.2) is 39.3 Å². The molecule has 0 bridgehead atoms. The van der Waals surface area contributed by atoms with E-state index in [1.807, 2.05) is 56.3 Å². The van der Waals surface area contributed by atoms with Crippen LogP contribution in [0.4, 0.5) is 16.2 Å². The molecular weight excluding hydrogens is 497 g/mol. The van der Waals surface area contributed by atoms with Crippen LogP contribution in [0.5, 0.6) is 11.5 Å². The largest absolute Gasteiger partial charge is 0.493 e. The third kappa shape index (κ3) is 7.97. The molecule has 2 amide bonds. The summed E-state index contributed by atoms with van der Waals surface area (Å²) in [6.07, 6.45) is 0. The number of guanidine groups is 1. The molecule has 0 saturated carbocycles. The van der Waals surface area contributed by atoms with Gasteiger partial charge in [-0.25, -0.2) is 4.79 Å². The zero-order valence-corrected chi connectivity index (χ0v) is 20.2. The number of carbonyl (C=O) groups excluding carboxylic acids is 1. The molecule has 30 heavy (non-hydrogen) atoms. The second-order valence-corrected chi connectivity index (χ2v) is 6.57. The summed E-state index contributed by atoms with van der Waals surface area (Å²) in [5, 5.41) is 12.1. The summed E-state index contributed by atoms with van der Waals surface area (Å²) in [5.74, 6) is 1.92. The molecule has 0 aliphatic heterocycles. The highest BCUT2D eigenvalue weighted by atomic mass is 127. The highest BCUT2D eigenvalue weighted by Crippen LogP contribution is 2.29. The van der Waals surface area contributed by atoms with Crippen LogP contribution in [0.1, 0.15) is 19.4 Å². The molecule has 9 heteroatoms. The van der Waals surface area contributed by atoms with Crippen LogP contribution in [0, 0.1) is 0 Å². The molecule has 0 atom stereocenters. The fourth-order valence-corrected chi connectivity index (χ4v) is 2.55. The van der Waals surface area contributed by atoms with Crippen molar-refractivity contribution < 1.29 is 14.3 Å². The highest BCUT2D eigenvalue weighted by molar-refractivity contribution is 14.0. The van der Waals surface area contributed by atoms with E-state index in [1.54, 1.807) is 21.3 Å². The monoisotopic (exact) mass is 527 g/mol. The van der Waals surface area contributed by atoms with Gasteiger partial charge in [-0.3, -0.25) is 4.99 Å². The lowest BCUT2D eigenvalue weighted by atomic mass is 10.2. The fraction of sp³-hybridized carbons (Fsp3) is 0.333. The second-order valence-electron chi connectivity index (χ2n) is 6.57. The van der Waals surface area contributed by atoms with Crippen LogP contribution in [0.2, 0.25) is 0 Å². The van der Waals surface area contributed by atoms with E-state index in [2.05, 4.69) is 26.3 Å². The molecule has 4 N–H and O–H groups in total. The minimum absolute atomic E-state index is 0. The first-order valence-electron chi connectivity index (χ1n) is 9.31. The summed E-state index contributed by atoms with van der Waals surface area (Å²) in [4.78, 5) is 16.0. The number of nitrogens with one attached hydrogen (secondary N) is 4. The van der Waals surface area contributed by atoms with Crippen molar-refractivity contribution in [1.29, 1.82) is 0 Å². The average molecular weight is 527 g/mol. The van der Waals surface area contributed by atoms with Gasteiger partial charge in [0.05, 0.1) is 14.2 Å². The number of ether oxygens (including phenoxy) is 2. The number of rotatable bonds is 7. The van der Waals surface area contributed by atoms with Gasteiger partial charge in [0.2, 0.25) is 0 Å². The van der Waals surface area contributed by atoms with Crippen LogP contribution >= 0.6 is 24.0 Å². The summed E-state index contributed by atoms with van der Waals surface area (Å²) < 4.78 is 10.6. The molecule has 0 radical (unpaired) electrons. The van der Waals surface area contributed by atoms with Crippen molar-refractivity contribution in [3.05, 3.63) is 48.0 Å². The third-order valence-corrected chi connectivity index (χ3v) is 3.96. The predicted molar refractivity (Wildman–Crippen MR) is 133 cm³/mol. The molecular formula is C21H30IN5O3. The van der Waals surface area contributed by atoms with Gasteiger partial charge >= 0.3 is 6.03 Å². The Kier molecular flexibility index (Phi) is 10.8. The molecule has 2 aromatic rings. The van der Waals surface area contributed by atoms with Gasteiger partial charge in [0.1, 0.15) is 0 Å². The Morgan fingerprint density at radius 1 is 0.967 bits per heavy atom. The van der Waals surface area contributed by atoms with E-state index in [0.717, 1.165) is 16.9 Å². The molecule has 0 unspecified atom stereocenters. The van der Waals surface area contributed by atoms with Gasteiger partial charge in [-0.2, -0.15) is 0 Å². The molecule has 164 valence electrons. The molecule has 0 spiro atoms. The quantitative estimate of drug-likeness (QED) is 0.248. The van der Waals surface area contributed by atoms with Crippen molar-refractivity contribution in [2.45, 2.75) is 26.4 Å².